The lowest BCUT2D eigenvalue weighted by atomic mass is 10.0. The highest BCUT2D eigenvalue weighted by molar-refractivity contribution is 4.97. The molecule has 2 nitrogen and oxygen atoms in total. The average Bonchev–Trinajstić information content (AvgIpc) is 3.43. The van der Waals surface area contributed by atoms with Gasteiger partial charge in [0, 0.05) is 25.5 Å². The van der Waals surface area contributed by atoms with Gasteiger partial charge in [-0.25, -0.2) is 0 Å². The number of unbranched alkanes of at least 4 members (excludes halogenated alkanes) is 31. The summed E-state index contributed by atoms with van der Waals surface area (Å²) in [7, 11) is 0. The van der Waals surface area contributed by atoms with Gasteiger partial charge in [-0.15, -0.1) is 0 Å². The van der Waals surface area contributed by atoms with Crippen molar-refractivity contribution in [2.45, 2.75) is 252 Å². The summed E-state index contributed by atoms with van der Waals surface area (Å²) in [5.74, 6) is 0. The summed E-state index contributed by atoms with van der Waals surface area (Å²) in [5.41, 5.74) is 0. The van der Waals surface area contributed by atoms with E-state index in [0.717, 1.165) is 0 Å². The Bertz CT molecular complexity index is 586. The lowest BCUT2D eigenvalue weighted by Crippen LogP contribution is -2.39. The normalized spacial score (nSPS) is 14.8. The molecule has 1 rings (SSSR count). The van der Waals surface area contributed by atoms with Crippen LogP contribution in [0.15, 0.2) is 12.4 Å². The van der Waals surface area contributed by atoms with Crippen molar-refractivity contribution in [3.8, 4) is 0 Å². The molecule has 0 bridgehead atoms. The van der Waals surface area contributed by atoms with Crippen LogP contribution in [0, 0.1) is 0 Å². The Morgan fingerprint density at radius 3 is 0.778 bits per heavy atom. The molecular weight excluding hydrogens is 544 g/mol. The zero-order valence-electron chi connectivity index (χ0n) is 31.8. The van der Waals surface area contributed by atoms with Crippen LogP contribution in [0.2, 0.25) is 0 Å². The summed E-state index contributed by atoms with van der Waals surface area (Å²) >= 11 is 0. The van der Waals surface area contributed by atoms with Crippen LogP contribution < -0.4 is 0 Å². The van der Waals surface area contributed by atoms with E-state index in [9.17, 15) is 0 Å². The van der Waals surface area contributed by atoms with E-state index in [1.807, 2.05) is 0 Å². The number of hydrogen-bond donors (Lipinski definition) is 0. The zero-order chi connectivity index (χ0) is 32.3. The van der Waals surface area contributed by atoms with Gasteiger partial charge in [0.2, 0.25) is 0 Å². The molecule has 2 heteroatoms. The molecule has 268 valence electrons. The maximum absolute atomic E-state index is 2.72. The Morgan fingerprint density at radius 1 is 0.289 bits per heavy atom. The second-order valence-corrected chi connectivity index (χ2v) is 15.0. The fourth-order valence-corrected chi connectivity index (χ4v) is 7.42. The predicted molar refractivity (Wildman–Crippen MR) is 205 cm³/mol. The van der Waals surface area contributed by atoms with Crippen molar-refractivity contribution in [2.24, 2.45) is 0 Å². The zero-order valence-corrected chi connectivity index (χ0v) is 31.8. The summed E-state index contributed by atoms with van der Waals surface area (Å²) in [6.07, 6.45) is 55.9. The second-order valence-electron chi connectivity index (χ2n) is 15.0. The van der Waals surface area contributed by atoms with E-state index in [4.69, 9.17) is 0 Å². The molecule has 0 aliphatic carbocycles. The molecule has 1 aliphatic heterocycles. The maximum Gasteiger partial charge on any atom is 0.101 e. The van der Waals surface area contributed by atoms with Gasteiger partial charge in [0.15, 0.2) is 0 Å². The fourth-order valence-electron chi connectivity index (χ4n) is 7.42. The molecule has 0 radical (unpaired) electrons. The largest absolute Gasteiger partial charge is 0.356 e. The molecule has 0 aromatic carbocycles. The number of nitrogens with zero attached hydrogens (tertiary/aromatic N) is 2. The Kier molecular flexibility index (Phi) is 32.6. The molecule has 0 saturated carbocycles. The molecule has 45 heavy (non-hydrogen) atoms. The third-order valence-electron chi connectivity index (χ3n) is 10.6. The van der Waals surface area contributed by atoms with Gasteiger partial charge >= 0.3 is 0 Å². The van der Waals surface area contributed by atoms with E-state index < -0.39 is 0 Å². The van der Waals surface area contributed by atoms with Crippen molar-refractivity contribution in [1.29, 1.82) is 0 Å². The van der Waals surface area contributed by atoms with E-state index in [1.165, 1.54) is 238 Å². The third kappa shape index (κ3) is 27.0. The minimum atomic E-state index is 0.639. The van der Waals surface area contributed by atoms with Crippen molar-refractivity contribution >= 4 is 0 Å². The monoisotopic (exact) mass is 631 g/mol. The predicted octanol–water partition coefficient (Wildman–Crippen LogP) is 15.1. The summed E-state index contributed by atoms with van der Waals surface area (Å²) in [4.78, 5) is 5.44. The highest BCUT2D eigenvalue weighted by atomic mass is 15.4. The smallest absolute Gasteiger partial charge is 0.101 e. The summed E-state index contributed by atoms with van der Waals surface area (Å²) in [6, 6.07) is 0. The van der Waals surface area contributed by atoms with E-state index in [2.05, 4.69) is 43.0 Å². The molecule has 1 atom stereocenters. The minimum absolute atomic E-state index is 0.639. The van der Waals surface area contributed by atoms with Crippen molar-refractivity contribution in [3.05, 3.63) is 12.4 Å². The van der Waals surface area contributed by atoms with Gasteiger partial charge in [-0.1, -0.05) is 220 Å². The fraction of sp³-hybridized carbons (Fsp3) is 0.953. The van der Waals surface area contributed by atoms with Crippen LogP contribution in [-0.2, 0) is 0 Å². The van der Waals surface area contributed by atoms with Crippen LogP contribution >= 0.6 is 0 Å². The van der Waals surface area contributed by atoms with E-state index in [1.54, 1.807) is 0 Å². The Hall–Kier alpha value is -0.660. The molecule has 1 aliphatic rings. The van der Waals surface area contributed by atoms with Crippen molar-refractivity contribution in [1.82, 2.24) is 9.80 Å². The number of rotatable bonds is 37. The standard InChI is InChI=1S/C43H86N2/c1-4-7-10-13-16-18-20-22-23-25-27-29-31-34-37-40-45-42-41-44(43(45)38-35-32-15-12-9-6-3)39-36-33-30-28-26-24-21-19-17-14-11-8-5-2/h41-43H,4-40H2,1-3H3. The van der Waals surface area contributed by atoms with Crippen molar-refractivity contribution in [3.63, 3.8) is 0 Å². The van der Waals surface area contributed by atoms with Crippen LogP contribution in [0.4, 0.5) is 0 Å². The first-order valence-electron chi connectivity index (χ1n) is 21.5. The van der Waals surface area contributed by atoms with Gasteiger partial charge < -0.3 is 9.80 Å². The highest BCUT2D eigenvalue weighted by Gasteiger charge is 2.24. The first-order valence-corrected chi connectivity index (χ1v) is 21.5. The first kappa shape index (κ1) is 42.4. The highest BCUT2D eigenvalue weighted by Crippen LogP contribution is 2.24. The van der Waals surface area contributed by atoms with E-state index in [-0.39, 0.29) is 0 Å². The van der Waals surface area contributed by atoms with Crippen molar-refractivity contribution in [2.75, 3.05) is 13.1 Å². The number of hydrogen-bond acceptors (Lipinski definition) is 2. The molecule has 1 unspecified atom stereocenters. The molecule has 0 aromatic heterocycles. The second kappa shape index (κ2) is 34.7. The SMILES string of the molecule is CCCCCCCCCCCCCCCCCN1C=CN(CCCCCCCCCCCCCCC)C1CCCCCCCC. The maximum atomic E-state index is 2.72. The summed E-state index contributed by atoms with van der Waals surface area (Å²) in [6.45, 7) is 9.49. The van der Waals surface area contributed by atoms with Crippen LogP contribution in [0.5, 0.6) is 0 Å². The Labute approximate surface area is 286 Å². The van der Waals surface area contributed by atoms with E-state index >= 15 is 0 Å². The molecule has 0 saturated heterocycles. The topological polar surface area (TPSA) is 6.48 Å². The summed E-state index contributed by atoms with van der Waals surface area (Å²) < 4.78 is 0. The molecule has 0 amide bonds. The minimum Gasteiger partial charge on any atom is -0.356 e. The van der Waals surface area contributed by atoms with Gasteiger partial charge in [0.05, 0.1) is 0 Å². The van der Waals surface area contributed by atoms with Gasteiger partial charge in [-0.2, -0.15) is 0 Å². The lowest BCUT2D eigenvalue weighted by Gasteiger charge is -2.33. The van der Waals surface area contributed by atoms with E-state index in [0.29, 0.717) is 6.17 Å². The van der Waals surface area contributed by atoms with Crippen LogP contribution in [0.3, 0.4) is 0 Å². The van der Waals surface area contributed by atoms with Gasteiger partial charge in [-0.05, 0) is 25.7 Å². The van der Waals surface area contributed by atoms with Crippen LogP contribution in [-0.4, -0.2) is 29.1 Å². The molecular formula is C43H86N2. The first-order chi connectivity index (χ1) is 22.3. The molecule has 0 N–H and O–H groups in total. The Morgan fingerprint density at radius 2 is 0.511 bits per heavy atom. The molecule has 0 spiro atoms. The molecule has 0 fully saturated rings. The van der Waals surface area contributed by atoms with Crippen molar-refractivity contribution < 1.29 is 0 Å². The third-order valence-corrected chi connectivity index (χ3v) is 10.6. The van der Waals surface area contributed by atoms with Gasteiger partial charge in [0.1, 0.15) is 6.17 Å². The summed E-state index contributed by atoms with van der Waals surface area (Å²) in [5, 5.41) is 0. The average molecular weight is 631 g/mol. The van der Waals surface area contributed by atoms with Gasteiger partial charge in [-0.3, -0.25) is 0 Å². The molecule has 0 aromatic rings. The molecule has 1 heterocycles. The van der Waals surface area contributed by atoms with Gasteiger partial charge in [0.25, 0.3) is 0 Å². The Balaban J connectivity index is 2.13. The van der Waals surface area contributed by atoms with Crippen LogP contribution in [0.25, 0.3) is 0 Å². The quantitative estimate of drug-likeness (QED) is 0.0630. The lowest BCUT2D eigenvalue weighted by molar-refractivity contribution is 0.135. The van der Waals surface area contributed by atoms with Crippen LogP contribution in [0.1, 0.15) is 245 Å².